The number of halogens is 1. The molecule has 0 atom stereocenters. The third-order valence-electron chi connectivity index (χ3n) is 4.94. The van der Waals surface area contributed by atoms with Crippen molar-refractivity contribution in [3.8, 4) is 0 Å². The number of pyridine rings is 1. The van der Waals surface area contributed by atoms with Gasteiger partial charge in [-0.05, 0) is 52.9 Å². The molecular weight excluding hydrogens is 363 g/mol. The standard InChI is InChI=1S/C25H27FN2O/c1-25(2,3)21-11-7-19(8-12-21)18-28(17-15-23-6-4-5-16-27-23)24(29)20-9-13-22(26)14-10-20/h4-14,16H,15,17-18H2,1-3H3. The van der Waals surface area contributed by atoms with E-state index in [-0.39, 0.29) is 17.1 Å². The molecular formula is C25H27FN2O. The van der Waals surface area contributed by atoms with Gasteiger partial charge < -0.3 is 4.90 Å². The maximum Gasteiger partial charge on any atom is 0.254 e. The van der Waals surface area contributed by atoms with Gasteiger partial charge in [-0.25, -0.2) is 4.39 Å². The average molecular weight is 391 g/mol. The summed E-state index contributed by atoms with van der Waals surface area (Å²) in [6, 6.07) is 19.9. The van der Waals surface area contributed by atoms with Gasteiger partial charge in [0.25, 0.3) is 5.91 Å². The first-order valence-electron chi connectivity index (χ1n) is 9.87. The van der Waals surface area contributed by atoms with Crippen molar-refractivity contribution in [2.24, 2.45) is 0 Å². The van der Waals surface area contributed by atoms with Crippen LogP contribution in [0.1, 0.15) is 48.0 Å². The number of nitrogens with zero attached hydrogens (tertiary/aromatic N) is 2. The van der Waals surface area contributed by atoms with Crippen LogP contribution in [-0.4, -0.2) is 22.3 Å². The summed E-state index contributed by atoms with van der Waals surface area (Å²) < 4.78 is 13.3. The van der Waals surface area contributed by atoms with E-state index in [1.807, 2.05) is 18.2 Å². The number of amides is 1. The summed E-state index contributed by atoms with van der Waals surface area (Å²) in [6.07, 6.45) is 2.42. The van der Waals surface area contributed by atoms with Crippen LogP contribution in [0.15, 0.2) is 72.9 Å². The molecule has 0 bridgehead atoms. The Morgan fingerprint density at radius 1 is 0.966 bits per heavy atom. The predicted octanol–water partition coefficient (Wildman–Crippen LogP) is 5.40. The van der Waals surface area contributed by atoms with E-state index >= 15 is 0 Å². The van der Waals surface area contributed by atoms with Gasteiger partial charge in [0.2, 0.25) is 0 Å². The second-order valence-electron chi connectivity index (χ2n) is 8.25. The molecule has 0 N–H and O–H groups in total. The molecule has 150 valence electrons. The number of hydrogen-bond acceptors (Lipinski definition) is 2. The third kappa shape index (κ3) is 5.74. The van der Waals surface area contributed by atoms with Crippen molar-refractivity contribution in [2.75, 3.05) is 6.54 Å². The molecule has 0 spiro atoms. The second kappa shape index (κ2) is 8.99. The average Bonchev–Trinajstić information content (AvgIpc) is 2.71. The van der Waals surface area contributed by atoms with Crippen LogP contribution in [0.5, 0.6) is 0 Å². The fourth-order valence-electron chi connectivity index (χ4n) is 3.15. The van der Waals surface area contributed by atoms with Gasteiger partial charge in [0.1, 0.15) is 5.82 Å². The van der Waals surface area contributed by atoms with Gasteiger partial charge in [-0.15, -0.1) is 0 Å². The highest BCUT2D eigenvalue weighted by Gasteiger charge is 2.18. The first-order valence-corrected chi connectivity index (χ1v) is 9.87. The summed E-state index contributed by atoms with van der Waals surface area (Å²) in [4.78, 5) is 19.2. The monoisotopic (exact) mass is 390 g/mol. The zero-order valence-electron chi connectivity index (χ0n) is 17.2. The summed E-state index contributed by atoms with van der Waals surface area (Å²) in [6.45, 7) is 7.57. The highest BCUT2D eigenvalue weighted by molar-refractivity contribution is 5.94. The summed E-state index contributed by atoms with van der Waals surface area (Å²) in [5, 5.41) is 0. The van der Waals surface area contributed by atoms with Crippen molar-refractivity contribution in [1.29, 1.82) is 0 Å². The quantitative estimate of drug-likeness (QED) is 0.564. The van der Waals surface area contributed by atoms with E-state index in [0.717, 1.165) is 11.3 Å². The van der Waals surface area contributed by atoms with E-state index in [1.54, 1.807) is 11.1 Å². The Labute approximate surface area is 172 Å². The van der Waals surface area contributed by atoms with E-state index in [1.165, 1.54) is 29.8 Å². The minimum Gasteiger partial charge on any atom is -0.334 e. The summed E-state index contributed by atoms with van der Waals surface area (Å²) in [7, 11) is 0. The summed E-state index contributed by atoms with van der Waals surface area (Å²) >= 11 is 0. The number of carbonyl (C=O) groups is 1. The predicted molar refractivity (Wildman–Crippen MR) is 114 cm³/mol. The molecule has 0 aliphatic heterocycles. The smallest absolute Gasteiger partial charge is 0.254 e. The van der Waals surface area contributed by atoms with Crippen LogP contribution in [0.3, 0.4) is 0 Å². The van der Waals surface area contributed by atoms with Gasteiger partial charge in [-0.2, -0.15) is 0 Å². The van der Waals surface area contributed by atoms with E-state index in [4.69, 9.17) is 0 Å². The van der Waals surface area contributed by atoms with Crippen LogP contribution < -0.4 is 0 Å². The van der Waals surface area contributed by atoms with E-state index in [9.17, 15) is 9.18 Å². The SMILES string of the molecule is CC(C)(C)c1ccc(CN(CCc2ccccn2)C(=O)c2ccc(F)cc2)cc1. The van der Waals surface area contributed by atoms with Crippen molar-refractivity contribution < 1.29 is 9.18 Å². The lowest BCUT2D eigenvalue weighted by atomic mass is 9.87. The molecule has 0 fully saturated rings. The Hall–Kier alpha value is -3.01. The minimum atomic E-state index is -0.348. The molecule has 2 aromatic carbocycles. The lowest BCUT2D eigenvalue weighted by Gasteiger charge is -2.24. The van der Waals surface area contributed by atoms with Crippen LogP contribution in [-0.2, 0) is 18.4 Å². The van der Waals surface area contributed by atoms with Gasteiger partial charge in [0, 0.05) is 37.0 Å². The van der Waals surface area contributed by atoms with Crippen LogP contribution in [0.4, 0.5) is 4.39 Å². The van der Waals surface area contributed by atoms with Gasteiger partial charge in [0.05, 0.1) is 0 Å². The first-order chi connectivity index (χ1) is 13.8. The lowest BCUT2D eigenvalue weighted by Crippen LogP contribution is -2.32. The number of benzene rings is 2. The highest BCUT2D eigenvalue weighted by atomic mass is 19.1. The zero-order valence-corrected chi connectivity index (χ0v) is 17.2. The zero-order chi connectivity index (χ0) is 20.9. The van der Waals surface area contributed by atoms with Crippen LogP contribution >= 0.6 is 0 Å². The first kappa shape index (κ1) is 20.7. The number of carbonyl (C=O) groups excluding carboxylic acids is 1. The molecule has 4 heteroatoms. The fraction of sp³-hybridized carbons (Fsp3) is 0.280. The normalized spacial score (nSPS) is 11.3. The Balaban J connectivity index is 1.79. The minimum absolute atomic E-state index is 0.0845. The molecule has 3 rings (SSSR count). The van der Waals surface area contributed by atoms with E-state index in [0.29, 0.717) is 25.1 Å². The lowest BCUT2D eigenvalue weighted by molar-refractivity contribution is 0.0744. The van der Waals surface area contributed by atoms with Crippen LogP contribution in [0, 0.1) is 5.82 Å². The van der Waals surface area contributed by atoms with E-state index in [2.05, 4.69) is 50.0 Å². The van der Waals surface area contributed by atoms with Crippen molar-refractivity contribution in [2.45, 2.75) is 39.2 Å². The molecule has 0 aliphatic rings. The van der Waals surface area contributed by atoms with Gasteiger partial charge in [-0.1, -0.05) is 51.1 Å². The molecule has 0 saturated carbocycles. The molecule has 1 heterocycles. The van der Waals surface area contributed by atoms with Crippen molar-refractivity contribution >= 4 is 5.91 Å². The Morgan fingerprint density at radius 2 is 1.66 bits per heavy atom. The number of rotatable bonds is 6. The van der Waals surface area contributed by atoms with Crippen molar-refractivity contribution in [1.82, 2.24) is 9.88 Å². The fourth-order valence-corrected chi connectivity index (χ4v) is 3.15. The molecule has 3 aromatic rings. The number of hydrogen-bond donors (Lipinski definition) is 0. The molecule has 0 saturated heterocycles. The molecule has 0 radical (unpaired) electrons. The highest BCUT2D eigenvalue weighted by Crippen LogP contribution is 2.23. The van der Waals surface area contributed by atoms with Crippen LogP contribution in [0.2, 0.25) is 0 Å². The van der Waals surface area contributed by atoms with E-state index < -0.39 is 0 Å². The maximum atomic E-state index is 13.3. The molecule has 3 nitrogen and oxygen atoms in total. The van der Waals surface area contributed by atoms with Gasteiger partial charge in [-0.3, -0.25) is 9.78 Å². The van der Waals surface area contributed by atoms with Gasteiger partial charge in [0.15, 0.2) is 0 Å². The molecule has 1 aromatic heterocycles. The molecule has 0 unspecified atom stereocenters. The molecule has 0 aliphatic carbocycles. The molecule has 1 amide bonds. The number of aromatic nitrogens is 1. The Kier molecular flexibility index (Phi) is 6.42. The Morgan fingerprint density at radius 3 is 2.24 bits per heavy atom. The van der Waals surface area contributed by atoms with Crippen molar-refractivity contribution in [3.05, 3.63) is 101 Å². The molecule has 29 heavy (non-hydrogen) atoms. The van der Waals surface area contributed by atoms with Crippen molar-refractivity contribution in [3.63, 3.8) is 0 Å². The Bertz CT molecular complexity index is 929. The topological polar surface area (TPSA) is 33.2 Å². The summed E-state index contributed by atoms with van der Waals surface area (Å²) in [5.41, 5.74) is 3.83. The third-order valence-corrected chi connectivity index (χ3v) is 4.94. The van der Waals surface area contributed by atoms with Crippen LogP contribution in [0.25, 0.3) is 0 Å². The second-order valence-corrected chi connectivity index (χ2v) is 8.25. The van der Waals surface area contributed by atoms with Gasteiger partial charge >= 0.3 is 0 Å². The summed E-state index contributed by atoms with van der Waals surface area (Å²) in [5.74, 6) is -0.458. The largest absolute Gasteiger partial charge is 0.334 e. The maximum absolute atomic E-state index is 13.3.